The van der Waals surface area contributed by atoms with Gasteiger partial charge in [0.15, 0.2) is 0 Å². The zero-order valence-electron chi connectivity index (χ0n) is 14.8. The number of fused-ring (bicyclic) bond motifs is 5. The summed E-state index contributed by atoms with van der Waals surface area (Å²) in [6.45, 7) is 2.37. The molecule has 4 nitrogen and oxygen atoms in total. The number of benzene rings is 2. The maximum atomic E-state index is 13.6. The van der Waals surface area contributed by atoms with E-state index in [-0.39, 0.29) is 18.2 Å². The van der Waals surface area contributed by atoms with Crippen molar-refractivity contribution in [1.29, 1.82) is 0 Å². The van der Waals surface area contributed by atoms with Crippen LogP contribution in [0.4, 0.5) is 0 Å². The smallest absolute Gasteiger partial charge is 0.245 e. The summed E-state index contributed by atoms with van der Waals surface area (Å²) in [7, 11) is 0. The fourth-order valence-electron chi connectivity index (χ4n) is 4.93. The number of likely N-dealkylation sites (tertiary alicyclic amines) is 2. The normalized spacial score (nSPS) is 21.3. The van der Waals surface area contributed by atoms with E-state index in [1.807, 2.05) is 36.4 Å². The summed E-state index contributed by atoms with van der Waals surface area (Å²) < 4.78 is 0. The highest BCUT2D eigenvalue weighted by molar-refractivity contribution is 6.14. The van der Waals surface area contributed by atoms with Crippen LogP contribution in [0.3, 0.4) is 0 Å². The van der Waals surface area contributed by atoms with E-state index in [1.54, 1.807) is 0 Å². The van der Waals surface area contributed by atoms with Crippen LogP contribution < -0.4 is 0 Å². The maximum Gasteiger partial charge on any atom is 0.245 e. The first-order valence-corrected chi connectivity index (χ1v) is 9.48. The molecule has 2 aliphatic heterocycles. The monoisotopic (exact) mass is 346 g/mol. The van der Waals surface area contributed by atoms with E-state index < -0.39 is 5.41 Å². The maximum absolute atomic E-state index is 13.6. The van der Waals surface area contributed by atoms with Gasteiger partial charge in [0.05, 0.1) is 6.67 Å². The van der Waals surface area contributed by atoms with Crippen molar-refractivity contribution >= 4 is 11.8 Å². The van der Waals surface area contributed by atoms with Gasteiger partial charge in [-0.2, -0.15) is 0 Å². The molecule has 0 radical (unpaired) electrons. The highest BCUT2D eigenvalue weighted by Gasteiger charge is 2.58. The lowest BCUT2D eigenvalue weighted by molar-refractivity contribution is -0.142. The van der Waals surface area contributed by atoms with Gasteiger partial charge in [0.25, 0.3) is 0 Å². The third-order valence-corrected chi connectivity index (χ3v) is 6.18. The topological polar surface area (TPSA) is 40.6 Å². The number of piperidine rings is 1. The van der Waals surface area contributed by atoms with Crippen LogP contribution in [-0.4, -0.2) is 41.4 Å². The minimum Gasteiger partial charge on any atom is -0.286 e. The standard InChI is InChI=1S/C22H22N2O2/c25-20-14-22(21(26)24(20)15-23-12-6-1-7-13-23)18-10-4-2-8-16(18)17-9-3-5-11-19(17)22/h2-5,8-11H,1,6-7,12-15H2. The molecule has 2 heterocycles. The number of amides is 2. The van der Waals surface area contributed by atoms with Crippen LogP contribution in [0.5, 0.6) is 0 Å². The van der Waals surface area contributed by atoms with Gasteiger partial charge < -0.3 is 0 Å². The van der Waals surface area contributed by atoms with Gasteiger partial charge >= 0.3 is 0 Å². The van der Waals surface area contributed by atoms with Crippen molar-refractivity contribution in [1.82, 2.24) is 9.80 Å². The zero-order chi connectivity index (χ0) is 17.7. The Kier molecular flexibility index (Phi) is 3.50. The average molecular weight is 346 g/mol. The molecule has 3 aliphatic rings. The molecule has 2 aromatic carbocycles. The molecule has 26 heavy (non-hydrogen) atoms. The van der Waals surface area contributed by atoms with Crippen molar-refractivity contribution in [3.05, 3.63) is 59.7 Å². The van der Waals surface area contributed by atoms with E-state index in [9.17, 15) is 9.59 Å². The van der Waals surface area contributed by atoms with Crippen LogP contribution in [-0.2, 0) is 15.0 Å². The molecule has 1 aliphatic carbocycles. The zero-order valence-corrected chi connectivity index (χ0v) is 14.8. The first kappa shape index (κ1) is 15.8. The van der Waals surface area contributed by atoms with Crippen molar-refractivity contribution < 1.29 is 9.59 Å². The second-order valence-electron chi connectivity index (χ2n) is 7.62. The van der Waals surface area contributed by atoms with E-state index in [4.69, 9.17) is 0 Å². The summed E-state index contributed by atoms with van der Waals surface area (Å²) in [6, 6.07) is 16.1. The summed E-state index contributed by atoms with van der Waals surface area (Å²) in [6.07, 6.45) is 3.77. The molecule has 0 bridgehead atoms. The largest absolute Gasteiger partial charge is 0.286 e. The van der Waals surface area contributed by atoms with Gasteiger partial charge in [-0.05, 0) is 48.2 Å². The Morgan fingerprint density at radius 1 is 0.808 bits per heavy atom. The lowest BCUT2D eigenvalue weighted by Crippen LogP contribution is -2.45. The molecular formula is C22H22N2O2. The average Bonchev–Trinajstić information content (AvgIpc) is 3.11. The van der Waals surface area contributed by atoms with Gasteiger partial charge in [0.1, 0.15) is 5.41 Å². The van der Waals surface area contributed by atoms with Crippen molar-refractivity contribution in [2.45, 2.75) is 31.1 Å². The predicted molar refractivity (Wildman–Crippen MR) is 99.4 cm³/mol. The van der Waals surface area contributed by atoms with Gasteiger partial charge in [-0.3, -0.25) is 19.4 Å². The van der Waals surface area contributed by atoms with Crippen molar-refractivity contribution in [2.75, 3.05) is 19.8 Å². The number of hydrogen-bond acceptors (Lipinski definition) is 3. The minimum atomic E-state index is -0.833. The summed E-state index contributed by atoms with van der Waals surface area (Å²) in [5.74, 6) is -0.0995. The molecule has 2 amide bonds. The van der Waals surface area contributed by atoms with Crippen LogP contribution >= 0.6 is 0 Å². The van der Waals surface area contributed by atoms with E-state index in [0.717, 1.165) is 48.2 Å². The molecule has 5 rings (SSSR count). The Morgan fingerprint density at radius 3 is 2.00 bits per heavy atom. The number of hydrogen-bond donors (Lipinski definition) is 0. The minimum absolute atomic E-state index is 0.0490. The molecule has 0 aromatic heterocycles. The third kappa shape index (κ3) is 2.05. The highest BCUT2D eigenvalue weighted by Crippen LogP contribution is 2.54. The van der Waals surface area contributed by atoms with Crippen LogP contribution in [0.1, 0.15) is 36.8 Å². The molecule has 0 atom stereocenters. The molecule has 4 heteroatoms. The quantitative estimate of drug-likeness (QED) is 0.785. The first-order valence-electron chi connectivity index (χ1n) is 9.48. The number of imide groups is 1. The van der Waals surface area contributed by atoms with Crippen LogP contribution in [0.2, 0.25) is 0 Å². The van der Waals surface area contributed by atoms with Gasteiger partial charge in [-0.25, -0.2) is 0 Å². The van der Waals surface area contributed by atoms with Gasteiger partial charge in [-0.1, -0.05) is 55.0 Å². The fourth-order valence-corrected chi connectivity index (χ4v) is 4.93. The van der Waals surface area contributed by atoms with Crippen molar-refractivity contribution in [3.63, 3.8) is 0 Å². The highest BCUT2D eigenvalue weighted by atomic mass is 16.2. The fraction of sp³-hybridized carbons (Fsp3) is 0.364. The summed E-state index contributed by atoms with van der Waals surface area (Å²) >= 11 is 0. The lowest BCUT2D eigenvalue weighted by Gasteiger charge is -2.31. The molecule has 1 spiro atoms. The Labute approximate surface area is 153 Å². The molecule has 2 fully saturated rings. The Balaban J connectivity index is 1.59. The van der Waals surface area contributed by atoms with Crippen molar-refractivity contribution in [2.24, 2.45) is 0 Å². The number of carbonyl (C=O) groups is 2. The van der Waals surface area contributed by atoms with Gasteiger partial charge in [0.2, 0.25) is 11.8 Å². The van der Waals surface area contributed by atoms with E-state index in [0.29, 0.717) is 6.67 Å². The Bertz CT molecular complexity index is 853. The van der Waals surface area contributed by atoms with Crippen molar-refractivity contribution in [3.8, 4) is 11.1 Å². The van der Waals surface area contributed by atoms with Crippen LogP contribution in [0.15, 0.2) is 48.5 Å². The number of carbonyl (C=O) groups excluding carboxylic acids is 2. The Morgan fingerprint density at radius 2 is 1.38 bits per heavy atom. The van der Waals surface area contributed by atoms with E-state index in [1.165, 1.54) is 11.3 Å². The van der Waals surface area contributed by atoms with Crippen LogP contribution in [0, 0.1) is 0 Å². The predicted octanol–water partition coefficient (Wildman–Crippen LogP) is 3.16. The molecule has 2 saturated heterocycles. The first-order chi connectivity index (χ1) is 12.7. The molecule has 2 aromatic rings. The second kappa shape index (κ2) is 5.78. The summed E-state index contributed by atoms with van der Waals surface area (Å²) in [4.78, 5) is 30.3. The van der Waals surface area contributed by atoms with Gasteiger partial charge in [0, 0.05) is 6.42 Å². The molecule has 0 saturated carbocycles. The van der Waals surface area contributed by atoms with Crippen LogP contribution in [0.25, 0.3) is 11.1 Å². The molecular weight excluding hydrogens is 324 g/mol. The summed E-state index contributed by atoms with van der Waals surface area (Å²) in [5.41, 5.74) is 3.31. The lowest BCUT2D eigenvalue weighted by atomic mass is 9.77. The Hall–Kier alpha value is -2.46. The van der Waals surface area contributed by atoms with E-state index in [2.05, 4.69) is 17.0 Å². The molecule has 0 unspecified atom stereocenters. The third-order valence-electron chi connectivity index (χ3n) is 6.18. The molecule has 132 valence electrons. The molecule has 0 N–H and O–H groups in total. The SMILES string of the molecule is O=C1CC2(C(=O)N1CN1CCCCC1)c1ccccc1-c1ccccc12. The summed E-state index contributed by atoms with van der Waals surface area (Å²) in [5, 5.41) is 0. The number of rotatable bonds is 2. The van der Waals surface area contributed by atoms with E-state index >= 15 is 0 Å². The van der Waals surface area contributed by atoms with Gasteiger partial charge in [-0.15, -0.1) is 0 Å². The second-order valence-corrected chi connectivity index (χ2v) is 7.62. The number of nitrogens with zero attached hydrogens (tertiary/aromatic N) is 2.